The second kappa shape index (κ2) is 8.82. The summed E-state index contributed by atoms with van der Waals surface area (Å²) < 4.78 is 0. The Bertz CT molecular complexity index is 694. The largest absolute Gasteiger partial charge is 0.398 e. The van der Waals surface area contributed by atoms with E-state index in [9.17, 15) is 0 Å². The molecule has 2 heteroatoms. The van der Waals surface area contributed by atoms with E-state index in [0.717, 1.165) is 12.1 Å². The summed E-state index contributed by atoms with van der Waals surface area (Å²) in [5.74, 6) is 0. The first-order valence-electron chi connectivity index (χ1n) is 11.0. The van der Waals surface area contributed by atoms with Gasteiger partial charge in [0.15, 0.2) is 0 Å². The van der Waals surface area contributed by atoms with Crippen LogP contribution in [0.25, 0.3) is 0 Å². The van der Waals surface area contributed by atoms with Gasteiger partial charge >= 0.3 is 0 Å². The lowest BCUT2D eigenvalue weighted by atomic mass is 9.88. The molecule has 0 atom stereocenters. The summed E-state index contributed by atoms with van der Waals surface area (Å²) in [5.41, 5.74) is 11.4. The van der Waals surface area contributed by atoms with Crippen LogP contribution in [0.2, 0.25) is 0 Å². The fraction of sp³-hybridized carbons (Fsp3) is 0.520. The van der Waals surface area contributed by atoms with Crippen molar-refractivity contribution in [2.45, 2.75) is 82.7 Å². The molecule has 2 aromatic carbocycles. The highest BCUT2D eigenvalue weighted by molar-refractivity contribution is 5.62. The second-order valence-corrected chi connectivity index (χ2v) is 8.54. The van der Waals surface area contributed by atoms with Gasteiger partial charge in [-0.25, -0.2) is 0 Å². The van der Waals surface area contributed by atoms with E-state index in [2.05, 4.69) is 53.4 Å². The maximum atomic E-state index is 6.54. The molecular formula is C25H34N2. The molecule has 2 aromatic rings. The standard InChI is InChI=1S/C25H34N2/c26-25-19-24(17-16-21(25)18-20-10-4-1-5-11-20)27(22-12-6-2-7-13-22)23-14-8-3-9-15-23/h1,4-5,10-11,16-17,19,22-23H,2-3,6-9,12-15,18,26H2. The van der Waals surface area contributed by atoms with Gasteiger partial charge in [-0.3, -0.25) is 0 Å². The first kappa shape index (κ1) is 18.4. The highest BCUT2D eigenvalue weighted by atomic mass is 15.2. The van der Waals surface area contributed by atoms with Crippen LogP contribution in [0.3, 0.4) is 0 Å². The van der Waals surface area contributed by atoms with Crippen LogP contribution < -0.4 is 10.6 Å². The van der Waals surface area contributed by atoms with E-state index in [1.54, 1.807) is 0 Å². The molecule has 2 saturated carbocycles. The van der Waals surface area contributed by atoms with Crippen LogP contribution in [0, 0.1) is 0 Å². The van der Waals surface area contributed by atoms with Gasteiger partial charge in [-0.15, -0.1) is 0 Å². The summed E-state index contributed by atoms with van der Waals surface area (Å²) in [6, 6.07) is 19.0. The summed E-state index contributed by atoms with van der Waals surface area (Å²) in [6.45, 7) is 0. The van der Waals surface area contributed by atoms with E-state index in [0.29, 0.717) is 12.1 Å². The smallest absolute Gasteiger partial charge is 0.0392 e. The van der Waals surface area contributed by atoms with Crippen LogP contribution in [0.4, 0.5) is 11.4 Å². The molecule has 0 aromatic heterocycles. The fourth-order valence-electron chi connectivity index (χ4n) is 5.16. The molecule has 2 fully saturated rings. The summed E-state index contributed by atoms with van der Waals surface area (Å²) in [5, 5.41) is 0. The Kier molecular flexibility index (Phi) is 6.01. The molecule has 0 spiro atoms. The molecule has 4 rings (SSSR count). The van der Waals surface area contributed by atoms with Gasteiger partial charge < -0.3 is 10.6 Å². The van der Waals surface area contributed by atoms with Crippen molar-refractivity contribution in [1.29, 1.82) is 0 Å². The van der Waals surface area contributed by atoms with Crippen LogP contribution >= 0.6 is 0 Å². The van der Waals surface area contributed by atoms with E-state index >= 15 is 0 Å². The number of nitrogens with zero attached hydrogens (tertiary/aromatic N) is 1. The lowest BCUT2D eigenvalue weighted by Crippen LogP contribution is -2.45. The number of benzene rings is 2. The molecule has 0 bridgehead atoms. The predicted octanol–water partition coefficient (Wildman–Crippen LogP) is 6.33. The minimum atomic E-state index is 0.709. The Morgan fingerprint density at radius 2 is 1.33 bits per heavy atom. The third kappa shape index (κ3) is 4.48. The number of rotatable bonds is 5. The normalized spacial score (nSPS) is 19.1. The lowest BCUT2D eigenvalue weighted by Gasteiger charge is -2.43. The highest BCUT2D eigenvalue weighted by Crippen LogP contribution is 2.35. The number of nitrogen functional groups attached to an aromatic ring is 1. The first-order valence-corrected chi connectivity index (χ1v) is 11.0. The Hall–Kier alpha value is -1.96. The van der Waals surface area contributed by atoms with Crippen molar-refractivity contribution >= 4 is 11.4 Å². The van der Waals surface area contributed by atoms with Crippen molar-refractivity contribution in [2.24, 2.45) is 0 Å². The quantitative estimate of drug-likeness (QED) is 0.630. The minimum absolute atomic E-state index is 0.709. The van der Waals surface area contributed by atoms with Gasteiger partial charge in [0.05, 0.1) is 0 Å². The van der Waals surface area contributed by atoms with Gasteiger partial charge in [-0.2, -0.15) is 0 Å². The molecule has 0 amide bonds. The van der Waals surface area contributed by atoms with Gasteiger partial charge in [0, 0.05) is 23.5 Å². The molecule has 0 unspecified atom stereocenters. The average Bonchev–Trinajstić information content (AvgIpc) is 2.73. The van der Waals surface area contributed by atoms with E-state index in [-0.39, 0.29) is 0 Å². The molecule has 2 nitrogen and oxygen atoms in total. The van der Waals surface area contributed by atoms with E-state index in [4.69, 9.17) is 5.73 Å². The zero-order chi connectivity index (χ0) is 18.5. The zero-order valence-electron chi connectivity index (χ0n) is 16.6. The highest BCUT2D eigenvalue weighted by Gasteiger charge is 2.29. The van der Waals surface area contributed by atoms with Crippen molar-refractivity contribution in [3.63, 3.8) is 0 Å². The number of nitrogens with two attached hydrogens (primary N) is 1. The number of anilines is 2. The number of hydrogen-bond donors (Lipinski definition) is 1. The van der Waals surface area contributed by atoms with Crippen LogP contribution in [0.15, 0.2) is 48.5 Å². The van der Waals surface area contributed by atoms with Crippen molar-refractivity contribution in [3.05, 3.63) is 59.7 Å². The summed E-state index contributed by atoms with van der Waals surface area (Å²) in [6.07, 6.45) is 14.7. The maximum Gasteiger partial charge on any atom is 0.0392 e. The molecule has 0 radical (unpaired) electrons. The molecule has 144 valence electrons. The Labute approximate surface area is 164 Å². The summed E-state index contributed by atoms with van der Waals surface area (Å²) in [4.78, 5) is 2.78. The number of hydrogen-bond acceptors (Lipinski definition) is 2. The molecule has 0 aliphatic heterocycles. The third-order valence-corrected chi connectivity index (χ3v) is 6.60. The van der Waals surface area contributed by atoms with Crippen LogP contribution in [0.5, 0.6) is 0 Å². The second-order valence-electron chi connectivity index (χ2n) is 8.54. The van der Waals surface area contributed by atoms with E-state index < -0.39 is 0 Å². The summed E-state index contributed by atoms with van der Waals surface area (Å²) in [7, 11) is 0. The topological polar surface area (TPSA) is 29.3 Å². The van der Waals surface area contributed by atoms with Gasteiger partial charge in [-0.1, -0.05) is 74.9 Å². The molecule has 27 heavy (non-hydrogen) atoms. The lowest BCUT2D eigenvalue weighted by molar-refractivity contribution is 0.340. The first-order chi connectivity index (χ1) is 13.3. The summed E-state index contributed by atoms with van der Waals surface area (Å²) >= 11 is 0. The maximum absolute atomic E-state index is 6.54. The SMILES string of the molecule is Nc1cc(N(C2CCCCC2)C2CCCCC2)ccc1Cc1ccccc1. The predicted molar refractivity (Wildman–Crippen MR) is 116 cm³/mol. The Morgan fingerprint density at radius 1 is 0.741 bits per heavy atom. The van der Waals surface area contributed by atoms with Gasteiger partial charge in [-0.05, 0) is 55.4 Å². The minimum Gasteiger partial charge on any atom is -0.398 e. The average molecular weight is 363 g/mol. The van der Waals surface area contributed by atoms with Crippen molar-refractivity contribution in [1.82, 2.24) is 0 Å². The third-order valence-electron chi connectivity index (χ3n) is 6.60. The Balaban J connectivity index is 1.58. The van der Waals surface area contributed by atoms with Crippen LogP contribution in [0.1, 0.15) is 75.3 Å². The molecule has 0 saturated heterocycles. The Morgan fingerprint density at radius 3 is 1.89 bits per heavy atom. The van der Waals surface area contributed by atoms with Crippen molar-refractivity contribution in [2.75, 3.05) is 10.6 Å². The van der Waals surface area contributed by atoms with Gasteiger partial charge in [0.2, 0.25) is 0 Å². The molecule has 2 aliphatic rings. The molecule has 0 heterocycles. The van der Waals surface area contributed by atoms with Crippen LogP contribution in [-0.4, -0.2) is 12.1 Å². The van der Waals surface area contributed by atoms with E-state index in [1.807, 2.05) is 0 Å². The van der Waals surface area contributed by atoms with Gasteiger partial charge in [0.25, 0.3) is 0 Å². The molecule has 2 N–H and O–H groups in total. The zero-order valence-corrected chi connectivity index (χ0v) is 16.6. The fourth-order valence-corrected chi connectivity index (χ4v) is 5.16. The monoisotopic (exact) mass is 362 g/mol. The van der Waals surface area contributed by atoms with Gasteiger partial charge in [0.1, 0.15) is 0 Å². The van der Waals surface area contributed by atoms with Crippen molar-refractivity contribution in [3.8, 4) is 0 Å². The molecule has 2 aliphatic carbocycles. The molecular weight excluding hydrogens is 328 g/mol. The van der Waals surface area contributed by atoms with Crippen LogP contribution in [-0.2, 0) is 6.42 Å². The van der Waals surface area contributed by atoms with Crippen molar-refractivity contribution < 1.29 is 0 Å². The van der Waals surface area contributed by atoms with E-state index in [1.165, 1.54) is 81.0 Å².